The lowest BCUT2D eigenvalue weighted by Gasteiger charge is -2.29. The molecule has 3 saturated heterocycles. The third kappa shape index (κ3) is 12.0. The number of methoxy groups -OCH3 is 1. The van der Waals surface area contributed by atoms with E-state index in [9.17, 15) is 67.8 Å². The zero-order valence-corrected chi connectivity index (χ0v) is 39.4. The highest BCUT2D eigenvalue weighted by Gasteiger charge is 2.54. The predicted octanol–water partition coefficient (Wildman–Crippen LogP) is -3.93. The lowest BCUT2D eigenvalue weighted by atomic mass is 10.1. The maximum Gasteiger partial charge on any atom is 0.490 e. The Balaban J connectivity index is 0.988. The van der Waals surface area contributed by atoms with Crippen molar-refractivity contribution in [1.29, 1.82) is 0 Å². The molecule has 3 fully saturated rings. The smallest absolute Gasteiger partial charge is 0.387 e. The van der Waals surface area contributed by atoms with Gasteiger partial charge in [-0.25, -0.2) is 27.6 Å². The number of aliphatic imine (C=N–C) groups is 1. The molecule has 4 aliphatic heterocycles. The number of anilines is 2. The number of imidazole rings is 1. The predicted molar refractivity (Wildman–Crippen MR) is 223 cm³/mol. The van der Waals surface area contributed by atoms with E-state index >= 15 is 0 Å². The summed E-state index contributed by atoms with van der Waals surface area (Å²) in [6.07, 6.45) is -14.1. The second-order valence-corrected chi connectivity index (χ2v) is 21.5. The Labute approximate surface area is 386 Å². The summed E-state index contributed by atoms with van der Waals surface area (Å²) < 4.78 is 106. The van der Waals surface area contributed by atoms with E-state index in [2.05, 4.69) is 33.1 Å². The molecule has 0 bridgehead atoms. The summed E-state index contributed by atoms with van der Waals surface area (Å²) in [5.74, 6) is -0.533. The summed E-state index contributed by atoms with van der Waals surface area (Å²) in [6, 6.07) is 1.16. The number of aryl methyl sites for hydroxylation is 1. The van der Waals surface area contributed by atoms with E-state index < -0.39 is 136 Å². The van der Waals surface area contributed by atoms with Gasteiger partial charge < -0.3 is 75.3 Å². The first-order valence-corrected chi connectivity index (χ1v) is 25.8. The van der Waals surface area contributed by atoms with E-state index in [1.807, 2.05) is 0 Å². The minimum Gasteiger partial charge on any atom is -0.387 e. The fourth-order valence-electron chi connectivity index (χ4n) is 7.43. The summed E-state index contributed by atoms with van der Waals surface area (Å²) in [5, 5.41) is 42.7. The molecule has 16 unspecified atom stereocenters. The number of fused-ring (bicyclic) bond motifs is 1. The lowest BCUT2D eigenvalue weighted by Crippen LogP contribution is -2.46. The number of hydrogen-bond donors (Lipinski definition) is 11. The van der Waals surface area contributed by atoms with Crippen molar-refractivity contribution >= 4 is 59.9 Å². The van der Waals surface area contributed by atoms with E-state index in [1.54, 1.807) is 19.2 Å². The maximum absolute atomic E-state index is 13.4. The van der Waals surface area contributed by atoms with Crippen LogP contribution in [0.25, 0.3) is 11.2 Å². The largest absolute Gasteiger partial charge is 0.490 e. The third-order valence-corrected chi connectivity index (χ3v) is 15.9. The molecule has 13 N–H and O–H groups in total. The van der Waals surface area contributed by atoms with Crippen molar-refractivity contribution in [2.75, 3.05) is 45.1 Å². The molecule has 38 heteroatoms. The van der Waals surface area contributed by atoms with Crippen molar-refractivity contribution in [3.05, 3.63) is 51.7 Å². The molecule has 7 rings (SSSR count). The number of phosphoric acid groups is 4. The number of aliphatic hydroxyl groups is 4. The molecule has 0 aromatic carbocycles. The molecule has 69 heavy (non-hydrogen) atoms. The van der Waals surface area contributed by atoms with Crippen LogP contribution < -0.4 is 27.3 Å². The topological polar surface area (TPSA) is 480 Å². The number of rotatable bonds is 19. The molecule has 0 spiro atoms. The molecule has 0 saturated carbocycles. The number of H-pyrrole nitrogens is 1. The van der Waals surface area contributed by atoms with Crippen molar-refractivity contribution in [2.24, 2.45) is 12.0 Å². The first-order valence-electron chi connectivity index (χ1n) is 19.8. The summed E-state index contributed by atoms with van der Waals surface area (Å²) >= 11 is 0. The van der Waals surface area contributed by atoms with Crippen LogP contribution in [0.3, 0.4) is 0 Å². The van der Waals surface area contributed by atoms with Gasteiger partial charge in [-0.1, -0.05) is 4.98 Å². The molecule has 0 radical (unpaired) electrons. The minimum absolute atomic E-state index is 0.0194. The van der Waals surface area contributed by atoms with Gasteiger partial charge in [-0.2, -0.15) is 13.6 Å². The Hall–Kier alpha value is -3.76. The quantitative estimate of drug-likeness (QED) is 0.0403. The van der Waals surface area contributed by atoms with E-state index in [1.165, 1.54) is 22.8 Å². The Kier molecular flexibility index (Phi) is 15.7. The molecule has 16 atom stereocenters. The monoisotopic (exact) mass is 1070 g/mol. The summed E-state index contributed by atoms with van der Waals surface area (Å²) in [6.45, 7) is -1.52. The zero-order chi connectivity index (χ0) is 50.5. The number of aromatic amines is 1. The number of phosphoric ester groups is 3. The number of nitrogens with one attached hydrogen (secondary N) is 1. The second-order valence-electron chi connectivity index (χ2n) is 15.4. The number of aromatic nitrogens is 6. The molecule has 3 aromatic heterocycles. The SMILES string of the molecule is COC1C(OP(=O)(O)OCC2OC(N3C=CC(C)=NC3)C(O)C2O)C(COP(=O)(O)OP(=O)(O)OP(=O)(O)OCC2OC([n+]3cn(C)c4c(=O)[nH]c(N)nc43)C(O)C2O)OC1n1ccc(N)nc1=O. The van der Waals surface area contributed by atoms with E-state index in [0.717, 1.165) is 28.5 Å². The first-order chi connectivity index (χ1) is 32.2. The Bertz CT molecular complexity index is 2780. The van der Waals surface area contributed by atoms with E-state index in [0.29, 0.717) is 5.71 Å². The number of nitrogens with two attached hydrogens (primary N) is 2. The summed E-state index contributed by atoms with van der Waals surface area (Å²) in [5.41, 5.74) is 10.1. The number of aliphatic hydroxyl groups excluding tert-OH is 4. The summed E-state index contributed by atoms with van der Waals surface area (Å²) in [7, 11) is -20.8. The molecule has 7 heterocycles. The molecule has 384 valence electrons. The van der Waals surface area contributed by atoms with Crippen molar-refractivity contribution in [3.63, 3.8) is 0 Å². The van der Waals surface area contributed by atoms with Crippen LogP contribution in [0.1, 0.15) is 19.4 Å². The number of nitrogen functional groups attached to an aromatic ring is 2. The van der Waals surface area contributed by atoms with Gasteiger partial charge in [0.2, 0.25) is 11.7 Å². The average Bonchev–Trinajstić information content (AvgIpc) is 3.94. The highest BCUT2D eigenvalue weighted by atomic mass is 31.3. The van der Waals surface area contributed by atoms with Crippen molar-refractivity contribution in [1.82, 2.24) is 29.0 Å². The standard InChI is InChI=1S/C31H46N10O24P4/c1-13-4-6-39(11-34-13)27-21(44)19(42)14(60-27)8-57-66(48,49)63-23-16(62-29(24(23)56-3)40-7-5-17(32)35-31(40)47)10-59-68(52,53)65-69(54,55)64-67(50,51)58-9-15-20(43)22(45)28(61-15)41-12-38(2)18-25(41)36-30(33)37-26(18)46/h4-7,12,14-16,19-24,27-29,42-45H,8-11H2,1-3H3,(H8-,32,33,35,36,37,46,47,48,49,50,51,52,53,54,55)/p+1. The number of hydrogen-bond acceptors (Lipinski definition) is 26. The molecular weight excluding hydrogens is 1020 g/mol. The van der Waals surface area contributed by atoms with Gasteiger partial charge in [0, 0.05) is 25.2 Å². The van der Waals surface area contributed by atoms with Crippen LogP contribution in [0.2, 0.25) is 0 Å². The lowest BCUT2D eigenvalue weighted by molar-refractivity contribution is -0.745. The maximum atomic E-state index is 13.4. The summed E-state index contributed by atoms with van der Waals surface area (Å²) in [4.78, 5) is 82.6. The molecular formula is C31H47N10O24P4+. The molecule has 3 aromatic rings. The van der Waals surface area contributed by atoms with Gasteiger partial charge in [0.1, 0.15) is 67.4 Å². The van der Waals surface area contributed by atoms with Crippen LogP contribution in [-0.2, 0) is 71.0 Å². The Morgan fingerprint density at radius 2 is 1.41 bits per heavy atom. The fraction of sp³-hybridized carbons (Fsp3) is 0.613. The first kappa shape index (κ1) is 53.0. The van der Waals surface area contributed by atoms with Gasteiger partial charge in [-0.15, -0.1) is 0 Å². The van der Waals surface area contributed by atoms with Crippen LogP contribution in [0.15, 0.2) is 45.4 Å². The van der Waals surface area contributed by atoms with Crippen molar-refractivity contribution in [3.8, 4) is 0 Å². The van der Waals surface area contributed by atoms with Gasteiger partial charge in [0.05, 0.1) is 26.9 Å². The molecule has 0 amide bonds. The van der Waals surface area contributed by atoms with Crippen LogP contribution in [0.5, 0.6) is 0 Å². The highest BCUT2D eigenvalue weighted by Crippen LogP contribution is 2.68. The zero-order valence-electron chi connectivity index (χ0n) is 35.8. The normalized spacial score (nSPS) is 33.0. The van der Waals surface area contributed by atoms with Crippen LogP contribution in [0.4, 0.5) is 11.8 Å². The van der Waals surface area contributed by atoms with Gasteiger partial charge in [0.15, 0.2) is 18.8 Å². The number of nitrogens with zero attached hydrogens (tertiary/aromatic N) is 7. The Morgan fingerprint density at radius 1 is 0.812 bits per heavy atom. The van der Waals surface area contributed by atoms with Crippen molar-refractivity contribution in [2.45, 2.75) is 80.5 Å². The highest BCUT2D eigenvalue weighted by molar-refractivity contribution is 7.66. The minimum atomic E-state index is -6.18. The number of allylic oxidation sites excluding steroid dienone is 1. The molecule has 4 aliphatic rings. The van der Waals surface area contributed by atoms with Crippen molar-refractivity contribution < 1.29 is 108 Å². The van der Waals surface area contributed by atoms with Gasteiger partial charge in [0.25, 0.3) is 11.5 Å². The fourth-order valence-corrected chi connectivity index (χ4v) is 11.9. The van der Waals surface area contributed by atoms with Gasteiger partial charge in [-0.05, 0) is 19.1 Å². The molecule has 34 nitrogen and oxygen atoms in total. The van der Waals surface area contributed by atoms with E-state index in [4.69, 9.17) is 44.0 Å². The number of ether oxygens (including phenoxy) is 4. The van der Waals surface area contributed by atoms with Crippen LogP contribution in [-0.4, -0.2) is 169 Å². The molecule has 0 aliphatic carbocycles. The third-order valence-electron chi connectivity index (χ3n) is 10.6. The second kappa shape index (κ2) is 20.4. The Morgan fingerprint density at radius 3 is 2.01 bits per heavy atom. The van der Waals surface area contributed by atoms with Crippen LogP contribution in [0, 0.1) is 0 Å². The van der Waals surface area contributed by atoms with Gasteiger partial charge >= 0.3 is 42.6 Å². The van der Waals surface area contributed by atoms with Gasteiger partial charge in [-0.3, -0.25) is 42.0 Å². The van der Waals surface area contributed by atoms with Crippen LogP contribution >= 0.6 is 31.3 Å². The van der Waals surface area contributed by atoms with E-state index in [-0.39, 0.29) is 29.6 Å². The average molecular weight is 1070 g/mol.